The topological polar surface area (TPSA) is 75.3 Å². The van der Waals surface area contributed by atoms with Gasteiger partial charge in [-0.2, -0.15) is 0 Å². The molecule has 7 rings (SSSR count). The van der Waals surface area contributed by atoms with Crippen molar-refractivity contribution in [1.29, 1.82) is 0 Å². The van der Waals surface area contributed by atoms with Gasteiger partial charge < -0.3 is 0 Å². The van der Waals surface area contributed by atoms with E-state index in [9.17, 15) is 14.4 Å². The SMILES string of the molecule is CCC1(CC)C(=O)NC(=O)NC1=O.[Au].[Au].c1ccc(P(c2ccccc2)c2ccccc2)cc1.c1ccc(P(c2ccccc2)c2ccccc2)cc1. The van der Waals surface area contributed by atoms with Crippen molar-refractivity contribution < 1.29 is 59.1 Å². The van der Waals surface area contributed by atoms with E-state index in [-0.39, 0.29) is 44.8 Å². The molecule has 1 aliphatic rings. The quantitative estimate of drug-likeness (QED) is 0.0977. The second-order valence-electron chi connectivity index (χ2n) is 11.7. The van der Waals surface area contributed by atoms with Crippen LogP contribution in [0.2, 0.25) is 0 Å². The maximum absolute atomic E-state index is 11.4. The Kier molecular flexibility index (Phi) is 18.5. The van der Waals surface area contributed by atoms with Gasteiger partial charge in [-0.05, 0) is 60.5 Å². The van der Waals surface area contributed by atoms with E-state index in [1.807, 2.05) is 0 Å². The number of carbonyl (C=O) groups is 3. The van der Waals surface area contributed by atoms with Crippen molar-refractivity contribution in [3.05, 3.63) is 182 Å². The summed E-state index contributed by atoms with van der Waals surface area (Å²) in [5, 5.41) is 12.6. The molecule has 1 heterocycles. The molecule has 2 radical (unpaired) electrons. The maximum atomic E-state index is 11.4. The monoisotopic (exact) mass is 1100 g/mol. The van der Waals surface area contributed by atoms with Crippen molar-refractivity contribution in [1.82, 2.24) is 10.6 Å². The fraction of sp³-hybridized carbons (Fsp3) is 0.114. The first-order chi connectivity index (χ1) is 25.0. The van der Waals surface area contributed by atoms with Crippen LogP contribution in [0.15, 0.2) is 182 Å². The molecule has 53 heavy (non-hydrogen) atoms. The van der Waals surface area contributed by atoms with Crippen molar-refractivity contribution in [2.45, 2.75) is 26.7 Å². The summed E-state index contributed by atoms with van der Waals surface area (Å²) < 4.78 is 0. The van der Waals surface area contributed by atoms with E-state index < -0.39 is 39.1 Å². The molecule has 1 saturated heterocycles. The van der Waals surface area contributed by atoms with Crippen molar-refractivity contribution >= 4 is 65.5 Å². The molecular formula is C44H42Au2N2O3P2. The third-order valence-electron chi connectivity index (χ3n) is 8.62. The molecule has 278 valence electrons. The Balaban J connectivity index is 0.000000215. The second kappa shape index (κ2) is 22.5. The van der Waals surface area contributed by atoms with Crippen LogP contribution in [-0.2, 0) is 54.3 Å². The molecule has 1 fully saturated rings. The van der Waals surface area contributed by atoms with Crippen molar-refractivity contribution in [3.8, 4) is 0 Å². The fourth-order valence-electron chi connectivity index (χ4n) is 5.83. The van der Waals surface area contributed by atoms with Gasteiger partial charge in [-0.3, -0.25) is 20.2 Å². The van der Waals surface area contributed by atoms with E-state index in [1.54, 1.807) is 13.8 Å². The average Bonchev–Trinajstić information content (AvgIpc) is 3.18. The normalized spacial score (nSPS) is 12.7. The Morgan fingerprint density at radius 3 is 0.736 bits per heavy atom. The van der Waals surface area contributed by atoms with E-state index >= 15 is 0 Å². The van der Waals surface area contributed by atoms with E-state index in [0.29, 0.717) is 12.8 Å². The van der Waals surface area contributed by atoms with E-state index in [4.69, 9.17) is 0 Å². The predicted octanol–water partition coefficient (Wildman–Crippen LogP) is 7.04. The second-order valence-corrected chi connectivity index (χ2v) is 16.2. The molecule has 9 heteroatoms. The van der Waals surface area contributed by atoms with Crippen LogP contribution >= 0.6 is 15.8 Å². The molecule has 2 N–H and O–H groups in total. The summed E-state index contributed by atoms with van der Waals surface area (Å²) >= 11 is 0. The number of imide groups is 2. The number of hydrogen-bond acceptors (Lipinski definition) is 3. The molecule has 0 bridgehead atoms. The standard InChI is InChI=1S/2C18H15P.C8H12N2O3.2Au/c2*1-4-10-16(11-5-1)19(17-12-6-2-7-13-17)18-14-8-3-9-15-18;1-3-8(4-2)5(11)9-7(13)10-6(8)12;;/h2*1-15H;3-4H2,1-2H3,(H2,9,10,11,12,13);;. The number of rotatable bonds is 8. The summed E-state index contributed by atoms with van der Waals surface area (Å²) in [7, 11) is -0.892. The molecule has 0 aromatic heterocycles. The molecular weight excluding hydrogens is 1060 g/mol. The summed E-state index contributed by atoms with van der Waals surface area (Å²) in [6.07, 6.45) is 0.795. The molecule has 5 nitrogen and oxygen atoms in total. The number of barbiturate groups is 1. The minimum Gasteiger partial charge on any atom is -0.277 e. The average molecular weight is 1100 g/mol. The van der Waals surface area contributed by atoms with Crippen LogP contribution in [0, 0.1) is 5.41 Å². The van der Waals surface area contributed by atoms with Gasteiger partial charge in [0.25, 0.3) is 0 Å². The Hall–Kier alpha value is -3.73. The number of hydrogen-bond donors (Lipinski definition) is 2. The van der Waals surface area contributed by atoms with Gasteiger partial charge in [0.1, 0.15) is 5.41 Å². The van der Waals surface area contributed by atoms with Gasteiger partial charge in [-0.15, -0.1) is 0 Å². The molecule has 0 aliphatic carbocycles. The molecule has 0 unspecified atom stereocenters. The number of carbonyl (C=O) groups excluding carboxylic acids is 3. The van der Waals surface area contributed by atoms with Gasteiger partial charge in [0.05, 0.1) is 0 Å². The largest absolute Gasteiger partial charge is 0.328 e. The van der Waals surface area contributed by atoms with Crippen molar-refractivity contribution in [2.24, 2.45) is 5.41 Å². The summed E-state index contributed by atoms with van der Waals surface area (Å²) in [5.41, 5.74) is -1.06. The van der Waals surface area contributed by atoms with Crippen LogP contribution in [0.4, 0.5) is 4.79 Å². The van der Waals surface area contributed by atoms with Gasteiger partial charge in [-0.1, -0.05) is 196 Å². The number of nitrogens with one attached hydrogen (secondary N) is 2. The fourth-order valence-corrected chi connectivity index (χ4v) is 10.4. The molecule has 0 saturated carbocycles. The minimum atomic E-state index is -1.06. The van der Waals surface area contributed by atoms with Crippen LogP contribution in [0.5, 0.6) is 0 Å². The van der Waals surface area contributed by atoms with Gasteiger partial charge in [-0.25, -0.2) is 4.79 Å². The molecule has 4 amide bonds. The van der Waals surface area contributed by atoms with Gasteiger partial charge in [0.15, 0.2) is 0 Å². The third kappa shape index (κ3) is 11.6. The Labute approximate surface area is 346 Å². The Bertz CT molecular complexity index is 1640. The molecule has 6 aromatic rings. The zero-order chi connectivity index (χ0) is 35.9. The maximum Gasteiger partial charge on any atom is 0.328 e. The number of urea groups is 1. The van der Waals surface area contributed by atoms with Crippen molar-refractivity contribution in [2.75, 3.05) is 0 Å². The van der Waals surface area contributed by atoms with Crippen molar-refractivity contribution in [3.63, 3.8) is 0 Å². The summed E-state index contributed by atoms with van der Waals surface area (Å²) in [4.78, 5) is 33.6. The molecule has 6 aromatic carbocycles. The summed E-state index contributed by atoms with van der Waals surface area (Å²) in [6.45, 7) is 3.50. The minimum absolute atomic E-state index is 0. The van der Waals surface area contributed by atoms with E-state index in [0.717, 1.165) is 0 Å². The van der Waals surface area contributed by atoms with Gasteiger partial charge in [0, 0.05) is 44.8 Å². The van der Waals surface area contributed by atoms with E-state index in [1.165, 1.54) is 31.8 Å². The van der Waals surface area contributed by atoms with E-state index in [2.05, 4.69) is 193 Å². The van der Waals surface area contributed by atoms with Crippen LogP contribution in [0.1, 0.15) is 26.7 Å². The third-order valence-corrected chi connectivity index (χ3v) is 13.5. The Morgan fingerprint density at radius 2 is 0.566 bits per heavy atom. The summed E-state index contributed by atoms with van der Waals surface area (Å²) in [5.74, 6) is -0.988. The van der Waals surface area contributed by atoms with Crippen LogP contribution in [0.3, 0.4) is 0 Å². The molecule has 0 spiro atoms. The molecule has 0 atom stereocenters. The predicted molar refractivity (Wildman–Crippen MR) is 215 cm³/mol. The van der Waals surface area contributed by atoms with Crippen LogP contribution in [-0.4, -0.2) is 17.8 Å². The Morgan fingerprint density at radius 1 is 0.377 bits per heavy atom. The first-order valence-electron chi connectivity index (χ1n) is 17.0. The van der Waals surface area contributed by atoms with Gasteiger partial charge >= 0.3 is 6.03 Å². The zero-order valence-corrected chi connectivity index (χ0v) is 35.6. The first-order valence-corrected chi connectivity index (χ1v) is 19.7. The zero-order valence-electron chi connectivity index (χ0n) is 29.5. The number of benzene rings is 6. The van der Waals surface area contributed by atoms with Crippen LogP contribution in [0.25, 0.3) is 0 Å². The number of amides is 4. The summed E-state index contributed by atoms with van der Waals surface area (Å²) in [6, 6.07) is 63.9. The molecule has 1 aliphatic heterocycles. The smallest absolute Gasteiger partial charge is 0.277 e. The van der Waals surface area contributed by atoms with Gasteiger partial charge in [0.2, 0.25) is 11.8 Å². The van der Waals surface area contributed by atoms with Crippen LogP contribution < -0.4 is 42.5 Å². The first kappa shape index (κ1) is 43.7.